The molecule has 6 fully saturated rings. The van der Waals surface area contributed by atoms with Gasteiger partial charge < -0.3 is 13.9 Å². The number of ether oxygens (including phenoxy) is 2. The minimum atomic E-state index is -1.79. The highest BCUT2D eigenvalue weighted by Crippen LogP contribution is 3.00. The number of hydrogen-bond acceptors (Lipinski definition) is 3. The molecule has 200 valence electrons. The van der Waals surface area contributed by atoms with E-state index in [0.717, 1.165) is 24.7 Å². The van der Waals surface area contributed by atoms with Gasteiger partial charge in [0.15, 0.2) is 14.1 Å². The van der Waals surface area contributed by atoms with Crippen LogP contribution in [0.2, 0.25) is 18.1 Å². The minimum absolute atomic E-state index is 0.00532. The van der Waals surface area contributed by atoms with Crippen LogP contribution in [0.4, 0.5) is 0 Å². The summed E-state index contributed by atoms with van der Waals surface area (Å²) in [6.07, 6.45) is 10.2. The Morgan fingerprint density at radius 2 is 1.54 bits per heavy atom. The highest BCUT2D eigenvalue weighted by Gasteiger charge is 2.99. The summed E-state index contributed by atoms with van der Waals surface area (Å²) in [5.74, 6) is 1.74. The lowest BCUT2D eigenvalue weighted by atomic mass is 9.50. The van der Waals surface area contributed by atoms with Crippen molar-refractivity contribution in [2.75, 3.05) is 14.2 Å². The van der Waals surface area contributed by atoms with Gasteiger partial charge in [-0.1, -0.05) is 75.5 Å². The maximum absolute atomic E-state index is 7.20. The fraction of sp³-hybridized carbons (Fsp3) is 1.00. The van der Waals surface area contributed by atoms with E-state index >= 15 is 0 Å². The van der Waals surface area contributed by atoms with E-state index in [4.69, 9.17) is 13.9 Å². The molecule has 35 heavy (non-hydrogen) atoms. The van der Waals surface area contributed by atoms with Gasteiger partial charge in [0, 0.05) is 37.3 Å². The van der Waals surface area contributed by atoms with Crippen molar-refractivity contribution in [3.05, 3.63) is 0 Å². The Balaban J connectivity index is 1.35. The summed E-state index contributed by atoms with van der Waals surface area (Å²) in [6.45, 7) is 14.7. The maximum Gasteiger partial charge on any atom is 0.192 e. The lowest BCUT2D eigenvalue weighted by molar-refractivity contribution is -0.253. The molecule has 0 saturated heterocycles. The minimum Gasteiger partial charge on any atom is -0.413 e. The predicted octanol–water partition coefficient (Wildman–Crippen LogP) is 8.63. The Labute approximate surface area is 239 Å². The number of alkyl halides is 3. The molecule has 3 spiro atoms. The first-order valence-electron chi connectivity index (χ1n) is 13.9. The van der Waals surface area contributed by atoms with Crippen LogP contribution >= 0.6 is 47.8 Å². The fourth-order valence-corrected chi connectivity index (χ4v) is 16.3. The summed E-state index contributed by atoms with van der Waals surface area (Å²) in [6, 6.07) is 0. The first-order chi connectivity index (χ1) is 16.1. The molecule has 0 heterocycles. The number of methoxy groups -OCH3 is 2. The monoisotopic (exact) mass is 694 g/mol. The molecular weight excluding hydrogens is 652 g/mol. The van der Waals surface area contributed by atoms with Gasteiger partial charge in [-0.2, -0.15) is 0 Å². The van der Waals surface area contributed by atoms with Crippen molar-refractivity contribution in [1.82, 2.24) is 0 Å². The summed E-state index contributed by atoms with van der Waals surface area (Å²) in [4.78, 5) is 0.603. The largest absolute Gasteiger partial charge is 0.413 e. The molecule has 9 atom stereocenters. The van der Waals surface area contributed by atoms with Gasteiger partial charge in [-0.25, -0.2) is 0 Å². The second-order valence-corrected chi connectivity index (χ2v) is 24.2. The second-order valence-electron chi connectivity index (χ2n) is 14.9. The van der Waals surface area contributed by atoms with E-state index in [1.165, 1.54) is 38.5 Å². The van der Waals surface area contributed by atoms with Gasteiger partial charge >= 0.3 is 0 Å². The molecular formula is C28H45Br3O3Si. The molecule has 6 rings (SSSR count). The Kier molecular flexibility index (Phi) is 5.68. The second kappa shape index (κ2) is 7.43. The van der Waals surface area contributed by atoms with Gasteiger partial charge in [-0.15, -0.1) is 0 Å². The van der Waals surface area contributed by atoms with Crippen molar-refractivity contribution in [3.8, 4) is 0 Å². The Bertz CT molecular complexity index is 931. The smallest absolute Gasteiger partial charge is 0.192 e. The molecule has 6 aliphatic rings. The van der Waals surface area contributed by atoms with Crippen molar-refractivity contribution in [3.63, 3.8) is 0 Å². The molecule has 0 amide bonds. The van der Waals surface area contributed by atoms with Gasteiger partial charge in [-0.05, 0) is 90.7 Å². The Hall–Kier alpha value is 1.54. The average Bonchev–Trinajstić information content (AvgIpc) is 3.40. The molecule has 6 aliphatic carbocycles. The van der Waals surface area contributed by atoms with Crippen molar-refractivity contribution in [2.24, 2.45) is 39.4 Å². The molecule has 0 aromatic carbocycles. The number of fused-ring (bicyclic) bond motifs is 2. The van der Waals surface area contributed by atoms with E-state index in [1.807, 2.05) is 14.2 Å². The summed E-state index contributed by atoms with van der Waals surface area (Å²) < 4.78 is 19.3. The molecule has 3 nitrogen and oxygen atoms in total. The highest BCUT2D eigenvalue weighted by atomic mass is 79.9. The third-order valence-electron chi connectivity index (χ3n) is 13.4. The maximum atomic E-state index is 7.20. The van der Waals surface area contributed by atoms with E-state index < -0.39 is 14.1 Å². The van der Waals surface area contributed by atoms with Crippen LogP contribution in [0, 0.1) is 39.4 Å². The molecule has 0 aromatic heterocycles. The van der Waals surface area contributed by atoms with Gasteiger partial charge in [0.05, 0.1) is 9.34 Å². The predicted molar refractivity (Wildman–Crippen MR) is 155 cm³/mol. The van der Waals surface area contributed by atoms with E-state index in [-0.39, 0.29) is 13.7 Å². The summed E-state index contributed by atoms with van der Waals surface area (Å²) >= 11 is 12.9. The molecule has 7 heteroatoms. The quantitative estimate of drug-likeness (QED) is 0.167. The third-order valence-corrected chi connectivity index (χ3v) is 22.0. The normalized spacial score (nSPS) is 53.1. The van der Waals surface area contributed by atoms with E-state index in [2.05, 4.69) is 88.6 Å². The molecule has 0 aromatic rings. The zero-order valence-electron chi connectivity index (χ0n) is 22.9. The first-order valence-corrected chi connectivity index (χ1v) is 19.3. The Morgan fingerprint density at radius 1 is 0.886 bits per heavy atom. The van der Waals surface area contributed by atoms with Crippen molar-refractivity contribution < 1.29 is 13.9 Å². The molecule has 0 radical (unpaired) electrons. The van der Waals surface area contributed by atoms with Crippen LogP contribution in [0.15, 0.2) is 0 Å². The Morgan fingerprint density at radius 3 is 2.14 bits per heavy atom. The van der Waals surface area contributed by atoms with Gasteiger partial charge in [0.2, 0.25) is 0 Å². The lowest BCUT2D eigenvalue weighted by Gasteiger charge is -2.57. The SMILES string of the molecule is COC1(OC)CC[C@@]23[C@@H](Br)[C@@]24CC[C@]2(C)[C@@H](O[Si](C)(C)C(C)(C)C)CC[C@H]2[C@@H]4C[C@H]2C(Br)(Br)[C@]23C1. The molecule has 0 aliphatic heterocycles. The zero-order chi connectivity index (χ0) is 25.7. The van der Waals surface area contributed by atoms with Crippen LogP contribution in [0.25, 0.3) is 0 Å². The van der Waals surface area contributed by atoms with Crippen LogP contribution in [0.1, 0.15) is 79.1 Å². The van der Waals surface area contributed by atoms with E-state index in [1.54, 1.807) is 0 Å². The van der Waals surface area contributed by atoms with Crippen molar-refractivity contribution >= 4 is 56.1 Å². The van der Waals surface area contributed by atoms with Crippen LogP contribution in [0.5, 0.6) is 0 Å². The molecule has 0 bridgehead atoms. The summed E-state index contributed by atoms with van der Waals surface area (Å²) in [5.41, 5.74) is 1.26. The summed E-state index contributed by atoms with van der Waals surface area (Å²) in [5, 5.41) is 0.264. The molecule has 0 unspecified atom stereocenters. The fourth-order valence-electron chi connectivity index (χ4n) is 10.5. The molecule has 6 saturated carbocycles. The van der Waals surface area contributed by atoms with Gasteiger partial charge in [0.25, 0.3) is 0 Å². The summed E-state index contributed by atoms with van der Waals surface area (Å²) in [7, 11) is 1.89. The average molecular weight is 697 g/mol. The zero-order valence-corrected chi connectivity index (χ0v) is 28.7. The molecule has 0 N–H and O–H groups in total. The van der Waals surface area contributed by atoms with E-state index in [9.17, 15) is 0 Å². The number of rotatable bonds is 4. The van der Waals surface area contributed by atoms with E-state index in [0.29, 0.717) is 33.1 Å². The van der Waals surface area contributed by atoms with Gasteiger partial charge in [-0.3, -0.25) is 0 Å². The first kappa shape index (κ1) is 26.7. The van der Waals surface area contributed by atoms with Crippen molar-refractivity contribution in [2.45, 2.75) is 117 Å². The van der Waals surface area contributed by atoms with Crippen molar-refractivity contribution in [1.29, 1.82) is 0 Å². The third kappa shape index (κ3) is 2.80. The topological polar surface area (TPSA) is 27.7 Å². The lowest BCUT2D eigenvalue weighted by Crippen LogP contribution is -2.55. The van der Waals surface area contributed by atoms with Crippen LogP contribution < -0.4 is 0 Å². The number of halogens is 3. The van der Waals surface area contributed by atoms with Gasteiger partial charge in [0.1, 0.15) is 0 Å². The van der Waals surface area contributed by atoms with Crippen LogP contribution in [-0.4, -0.2) is 42.5 Å². The van der Waals surface area contributed by atoms with Crippen LogP contribution in [-0.2, 0) is 13.9 Å². The van der Waals surface area contributed by atoms with Crippen LogP contribution in [0.3, 0.4) is 0 Å². The highest BCUT2D eigenvalue weighted by molar-refractivity contribution is 9.25. The number of hydrogen-bond donors (Lipinski definition) is 0. The standard InChI is InChI=1S/C28H45Br3O3Si/c1-22(2,3)35(7,8)34-20-10-9-17-18-15-19-27(28(19,30)31)16-24(32-5,33-6)12-14-26(27)21(29)25(18,26)13-11-23(17,20)4/h17-21H,9-16H2,1-8H3/t17-,18-,19+,20-,21-,23-,25-,26+,27+/m0/s1.